The van der Waals surface area contributed by atoms with Crippen molar-refractivity contribution in [2.75, 3.05) is 5.73 Å². The third-order valence-corrected chi connectivity index (χ3v) is 2.75. The van der Waals surface area contributed by atoms with Crippen molar-refractivity contribution in [3.8, 4) is 11.5 Å². The van der Waals surface area contributed by atoms with E-state index in [0.29, 0.717) is 10.7 Å². The van der Waals surface area contributed by atoms with Gasteiger partial charge in [0.1, 0.15) is 11.5 Å². The van der Waals surface area contributed by atoms with Crippen LogP contribution in [0.4, 0.5) is 11.4 Å². The predicted octanol–water partition coefficient (Wildman–Crippen LogP) is 3.58. The number of hydrogen-bond donors (Lipinski definition) is 3. The second-order valence-electron chi connectivity index (χ2n) is 3.60. The number of halogens is 2. The second-order valence-corrected chi connectivity index (χ2v) is 4.42. The first-order chi connectivity index (χ1) is 9.31. The Hall–Kier alpha value is -2.18. The molecule has 2 rings (SSSR count). The molecule has 0 saturated heterocycles. The number of nitro groups is 1. The van der Waals surface area contributed by atoms with Gasteiger partial charge in [0.2, 0.25) is 0 Å². The lowest BCUT2D eigenvalue weighted by Gasteiger charge is -1.95. The minimum atomic E-state index is -0.601. The SMILES string of the molecule is Nc1ccc(Cl)c(O)c1.O=[N+]([O-])c1ccc(Cl)c(O)c1. The molecule has 0 aliphatic heterocycles. The lowest BCUT2D eigenvalue weighted by molar-refractivity contribution is -0.384. The molecular weight excluding hydrogens is 307 g/mol. The lowest BCUT2D eigenvalue weighted by Crippen LogP contribution is -1.86. The van der Waals surface area contributed by atoms with Gasteiger partial charge in [-0.3, -0.25) is 10.1 Å². The zero-order valence-corrected chi connectivity index (χ0v) is 11.5. The fourth-order valence-electron chi connectivity index (χ4n) is 1.14. The topological polar surface area (TPSA) is 110 Å². The molecule has 0 atom stereocenters. The van der Waals surface area contributed by atoms with Gasteiger partial charge >= 0.3 is 0 Å². The number of anilines is 1. The van der Waals surface area contributed by atoms with Gasteiger partial charge in [0.15, 0.2) is 0 Å². The van der Waals surface area contributed by atoms with Gasteiger partial charge in [-0.2, -0.15) is 0 Å². The molecule has 8 heteroatoms. The van der Waals surface area contributed by atoms with Gasteiger partial charge in [-0.05, 0) is 18.2 Å². The number of phenolic OH excluding ortho intramolecular Hbond substituents is 2. The van der Waals surface area contributed by atoms with Crippen molar-refractivity contribution in [2.45, 2.75) is 0 Å². The predicted molar refractivity (Wildman–Crippen MR) is 77.3 cm³/mol. The minimum absolute atomic E-state index is 0.0247. The van der Waals surface area contributed by atoms with Crippen LogP contribution in [0.25, 0.3) is 0 Å². The third kappa shape index (κ3) is 4.49. The first-order valence-corrected chi connectivity index (χ1v) is 5.93. The highest BCUT2D eigenvalue weighted by Crippen LogP contribution is 2.27. The molecule has 6 nitrogen and oxygen atoms in total. The van der Waals surface area contributed by atoms with Crippen molar-refractivity contribution < 1.29 is 15.1 Å². The van der Waals surface area contributed by atoms with Gasteiger partial charge in [0.05, 0.1) is 21.0 Å². The van der Waals surface area contributed by atoms with Crippen LogP contribution in [0.5, 0.6) is 11.5 Å². The zero-order valence-electron chi connectivity index (χ0n) is 9.96. The van der Waals surface area contributed by atoms with E-state index in [1.165, 1.54) is 18.2 Å². The number of phenols is 2. The standard InChI is InChI=1S/C6H4ClNO3.C6H6ClNO/c7-5-2-1-4(8(10)11)3-6(5)9;7-5-2-1-4(8)3-6(5)9/h1-3,9H;1-3,9H,8H2. The van der Waals surface area contributed by atoms with Crippen LogP contribution in [0, 0.1) is 10.1 Å². The number of nitrogens with zero attached hydrogens (tertiary/aromatic N) is 1. The van der Waals surface area contributed by atoms with Crippen LogP contribution in [0.15, 0.2) is 36.4 Å². The molecule has 0 bridgehead atoms. The Bertz CT molecular complexity index is 635. The van der Waals surface area contributed by atoms with Crippen molar-refractivity contribution in [2.24, 2.45) is 0 Å². The molecule has 0 fully saturated rings. The number of nitrogens with two attached hydrogens (primary N) is 1. The normalized spacial score (nSPS) is 9.50. The summed E-state index contributed by atoms with van der Waals surface area (Å²) in [6.07, 6.45) is 0. The van der Waals surface area contributed by atoms with Crippen molar-refractivity contribution >= 4 is 34.6 Å². The Morgan fingerprint density at radius 1 is 1.00 bits per heavy atom. The molecular formula is C12H10Cl2N2O4. The molecule has 0 unspecified atom stereocenters. The Morgan fingerprint density at radius 3 is 1.90 bits per heavy atom. The number of non-ortho nitro benzene ring substituents is 1. The largest absolute Gasteiger partial charge is 0.506 e. The fraction of sp³-hybridized carbons (Fsp3) is 0. The third-order valence-electron chi connectivity index (χ3n) is 2.11. The van der Waals surface area contributed by atoms with Crippen LogP contribution in [0.1, 0.15) is 0 Å². The molecule has 106 valence electrons. The Balaban J connectivity index is 0.000000204. The summed E-state index contributed by atoms with van der Waals surface area (Å²) in [5.41, 5.74) is 5.65. The van der Waals surface area contributed by atoms with Crippen molar-refractivity contribution in [3.63, 3.8) is 0 Å². The number of benzene rings is 2. The summed E-state index contributed by atoms with van der Waals surface area (Å²) in [4.78, 5) is 9.51. The van der Waals surface area contributed by atoms with Crippen LogP contribution in [-0.4, -0.2) is 15.1 Å². The number of nitro benzene ring substituents is 1. The van der Waals surface area contributed by atoms with Gasteiger partial charge in [-0.15, -0.1) is 0 Å². The van der Waals surface area contributed by atoms with E-state index in [2.05, 4.69) is 0 Å². The molecule has 0 radical (unpaired) electrons. The molecule has 4 N–H and O–H groups in total. The zero-order chi connectivity index (χ0) is 15.3. The summed E-state index contributed by atoms with van der Waals surface area (Å²) < 4.78 is 0. The van der Waals surface area contributed by atoms with E-state index >= 15 is 0 Å². The van der Waals surface area contributed by atoms with Gasteiger partial charge in [-0.25, -0.2) is 0 Å². The molecule has 20 heavy (non-hydrogen) atoms. The Kier molecular flexibility index (Phi) is 5.42. The van der Waals surface area contributed by atoms with Crippen LogP contribution < -0.4 is 5.73 Å². The molecule has 0 spiro atoms. The highest BCUT2D eigenvalue weighted by molar-refractivity contribution is 6.32. The molecule has 2 aromatic rings. The summed E-state index contributed by atoms with van der Waals surface area (Å²) in [5.74, 6) is -0.252. The molecule has 2 aromatic carbocycles. The lowest BCUT2D eigenvalue weighted by atomic mass is 10.3. The number of nitrogen functional groups attached to an aromatic ring is 1. The maximum Gasteiger partial charge on any atom is 0.273 e. The van der Waals surface area contributed by atoms with Gasteiger partial charge in [0, 0.05) is 17.8 Å². The van der Waals surface area contributed by atoms with Crippen molar-refractivity contribution in [3.05, 3.63) is 56.6 Å². The molecule has 0 aliphatic rings. The van der Waals surface area contributed by atoms with E-state index < -0.39 is 4.92 Å². The smallest absolute Gasteiger partial charge is 0.273 e. The highest BCUT2D eigenvalue weighted by Gasteiger charge is 2.07. The van der Waals surface area contributed by atoms with E-state index in [1.54, 1.807) is 12.1 Å². The van der Waals surface area contributed by atoms with E-state index in [9.17, 15) is 10.1 Å². The number of hydrogen-bond acceptors (Lipinski definition) is 5. The minimum Gasteiger partial charge on any atom is -0.506 e. The Labute approximate surface area is 124 Å². The van der Waals surface area contributed by atoms with Crippen LogP contribution in [0.3, 0.4) is 0 Å². The van der Waals surface area contributed by atoms with E-state index in [0.717, 1.165) is 6.07 Å². The summed E-state index contributed by atoms with van der Waals surface area (Å²) in [7, 11) is 0. The monoisotopic (exact) mass is 316 g/mol. The van der Waals surface area contributed by atoms with Gasteiger partial charge < -0.3 is 15.9 Å². The summed E-state index contributed by atoms with van der Waals surface area (Å²) in [6, 6.07) is 8.08. The van der Waals surface area contributed by atoms with Crippen LogP contribution in [-0.2, 0) is 0 Å². The molecule has 0 aliphatic carbocycles. The molecule has 0 amide bonds. The Morgan fingerprint density at radius 2 is 1.50 bits per heavy atom. The summed E-state index contributed by atoms with van der Waals surface area (Å²) >= 11 is 10.9. The molecule has 0 heterocycles. The summed E-state index contributed by atoms with van der Waals surface area (Å²) in [5, 5.41) is 28.3. The van der Waals surface area contributed by atoms with Gasteiger partial charge in [-0.1, -0.05) is 23.2 Å². The molecule has 0 saturated carbocycles. The van der Waals surface area contributed by atoms with Crippen molar-refractivity contribution in [1.29, 1.82) is 0 Å². The highest BCUT2D eigenvalue weighted by atomic mass is 35.5. The van der Waals surface area contributed by atoms with Crippen molar-refractivity contribution in [1.82, 2.24) is 0 Å². The average molecular weight is 317 g/mol. The number of rotatable bonds is 1. The maximum atomic E-state index is 10.1. The van der Waals surface area contributed by atoms with Crippen LogP contribution in [0.2, 0.25) is 10.0 Å². The van der Waals surface area contributed by atoms with E-state index in [1.807, 2.05) is 0 Å². The fourth-order valence-corrected chi connectivity index (χ4v) is 1.38. The molecule has 0 aromatic heterocycles. The first kappa shape index (κ1) is 15.9. The van der Waals surface area contributed by atoms with Crippen LogP contribution >= 0.6 is 23.2 Å². The first-order valence-electron chi connectivity index (χ1n) is 5.18. The number of aromatic hydroxyl groups is 2. The van der Waals surface area contributed by atoms with E-state index in [-0.39, 0.29) is 22.2 Å². The van der Waals surface area contributed by atoms with Gasteiger partial charge in [0.25, 0.3) is 5.69 Å². The maximum absolute atomic E-state index is 10.1. The summed E-state index contributed by atoms with van der Waals surface area (Å²) in [6.45, 7) is 0. The second kappa shape index (κ2) is 6.83. The van der Waals surface area contributed by atoms with E-state index in [4.69, 9.17) is 39.1 Å². The quantitative estimate of drug-likeness (QED) is 0.423. The average Bonchev–Trinajstić information content (AvgIpc) is 2.38.